The third kappa shape index (κ3) is 3.86. The number of methoxy groups -OCH3 is 1. The molecule has 0 spiro atoms. The summed E-state index contributed by atoms with van der Waals surface area (Å²) in [4.78, 5) is 12.0. The van der Waals surface area contributed by atoms with Gasteiger partial charge in [0.05, 0.1) is 7.11 Å². The second kappa shape index (κ2) is 6.78. The van der Waals surface area contributed by atoms with Crippen LogP contribution in [0.25, 0.3) is 0 Å². The van der Waals surface area contributed by atoms with Gasteiger partial charge < -0.3 is 10.1 Å². The Morgan fingerprint density at radius 2 is 2.00 bits per heavy atom. The summed E-state index contributed by atoms with van der Waals surface area (Å²) >= 11 is 12.0. The molecule has 0 aromatic heterocycles. The van der Waals surface area contributed by atoms with Crippen molar-refractivity contribution in [2.75, 3.05) is 12.4 Å². The van der Waals surface area contributed by atoms with E-state index in [0.29, 0.717) is 21.3 Å². The van der Waals surface area contributed by atoms with Gasteiger partial charge in [0.2, 0.25) is 0 Å². The molecular weight excluding hydrogens is 316 g/mol. The Kier molecular flexibility index (Phi) is 5.04. The summed E-state index contributed by atoms with van der Waals surface area (Å²) in [5.74, 6) is -0.950. The number of nitrogens with one attached hydrogen (secondary N) is 1. The highest BCUT2D eigenvalue weighted by molar-refractivity contribution is 6.35. The van der Waals surface area contributed by atoms with E-state index in [4.69, 9.17) is 27.9 Å². The number of hydrogen-bond donors (Lipinski definition) is 1. The molecule has 3 nitrogen and oxygen atoms in total. The maximum absolute atomic E-state index is 13.2. The molecule has 2 rings (SSSR count). The zero-order valence-electron chi connectivity index (χ0n) is 11.1. The first-order chi connectivity index (χ1) is 10.0. The molecule has 2 aromatic carbocycles. The first kappa shape index (κ1) is 15.6. The lowest BCUT2D eigenvalue weighted by molar-refractivity contribution is -0.141. The summed E-state index contributed by atoms with van der Waals surface area (Å²) in [7, 11) is 1.27. The summed E-state index contributed by atoms with van der Waals surface area (Å²) in [5, 5.41) is 3.68. The van der Waals surface area contributed by atoms with Crippen LogP contribution in [0.1, 0.15) is 11.6 Å². The number of benzene rings is 2. The second-order valence-electron chi connectivity index (χ2n) is 4.28. The van der Waals surface area contributed by atoms with Gasteiger partial charge in [0.1, 0.15) is 5.82 Å². The van der Waals surface area contributed by atoms with Crippen LogP contribution < -0.4 is 5.32 Å². The predicted octanol–water partition coefficient (Wildman–Crippen LogP) is 4.46. The molecular formula is C15H12Cl2FNO2. The van der Waals surface area contributed by atoms with Crippen molar-refractivity contribution in [1.82, 2.24) is 0 Å². The number of rotatable bonds is 4. The molecule has 0 fully saturated rings. The SMILES string of the molecule is COC(=O)C(Nc1cccc(F)c1)c1ccc(Cl)cc1Cl. The van der Waals surface area contributed by atoms with Gasteiger partial charge >= 0.3 is 5.97 Å². The lowest BCUT2D eigenvalue weighted by atomic mass is 10.1. The molecule has 0 amide bonds. The van der Waals surface area contributed by atoms with Crippen LogP contribution in [0.15, 0.2) is 42.5 Å². The minimum Gasteiger partial charge on any atom is -0.467 e. The van der Waals surface area contributed by atoms with Crippen LogP contribution in [0.2, 0.25) is 10.0 Å². The van der Waals surface area contributed by atoms with Crippen molar-refractivity contribution in [2.45, 2.75) is 6.04 Å². The average molecular weight is 328 g/mol. The van der Waals surface area contributed by atoms with E-state index in [2.05, 4.69) is 5.32 Å². The van der Waals surface area contributed by atoms with Crippen LogP contribution in [0.3, 0.4) is 0 Å². The molecule has 0 aliphatic carbocycles. The highest BCUT2D eigenvalue weighted by Crippen LogP contribution is 2.29. The molecule has 0 saturated carbocycles. The predicted molar refractivity (Wildman–Crippen MR) is 81.2 cm³/mol. The highest BCUT2D eigenvalue weighted by Gasteiger charge is 2.24. The minimum absolute atomic E-state index is 0.321. The van der Waals surface area contributed by atoms with Gasteiger partial charge in [-0.05, 0) is 30.3 Å². The van der Waals surface area contributed by atoms with Crippen molar-refractivity contribution < 1.29 is 13.9 Å². The van der Waals surface area contributed by atoms with Crippen LogP contribution in [0.5, 0.6) is 0 Å². The second-order valence-corrected chi connectivity index (χ2v) is 5.12. The summed E-state index contributed by atoms with van der Waals surface area (Å²) < 4.78 is 18.0. The Morgan fingerprint density at radius 1 is 1.24 bits per heavy atom. The Balaban J connectivity index is 2.37. The average Bonchev–Trinajstić information content (AvgIpc) is 2.45. The van der Waals surface area contributed by atoms with Gasteiger partial charge in [-0.25, -0.2) is 9.18 Å². The fraction of sp³-hybridized carbons (Fsp3) is 0.133. The van der Waals surface area contributed by atoms with Crippen molar-refractivity contribution in [3.05, 3.63) is 63.9 Å². The minimum atomic E-state index is -0.860. The third-order valence-corrected chi connectivity index (χ3v) is 3.41. The van der Waals surface area contributed by atoms with Crippen LogP contribution in [0.4, 0.5) is 10.1 Å². The number of halogens is 3. The van der Waals surface area contributed by atoms with E-state index in [1.807, 2.05) is 0 Å². The highest BCUT2D eigenvalue weighted by atomic mass is 35.5. The van der Waals surface area contributed by atoms with Gasteiger partial charge in [-0.2, -0.15) is 0 Å². The van der Waals surface area contributed by atoms with Gasteiger partial charge in [-0.3, -0.25) is 0 Å². The summed E-state index contributed by atoms with van der Waals surface area (Å²) in [5.41, 5.74) is 0.939. The molecule has 1 atom stereocenters. The number of ether oxygens (including phenoxy) is 1. The smallest absolute Gasteiger partial charge is 0.333 e. The molecule has 0 aliphatic heterocycles. The number of anilines is 1. The normalized spacial score (nSPS) is 11.8. The molecule has 21 heavy (non-hydrogen) atoms. The molecule has 1 unspecified atom stereocenters. The summed E-state index contributed by atoms with van der Waals surface area (Å²) in [6.45, 7) is 0. The zero-order valence-corrected chi connectivity index (χ0v) is 12.6. The van der Waals surface area contributed by atoms with Gasteiger partial charge in [-0.1, -0.05) is 35.3 Å². The summed E-state index contributed by atoms with van der Waals surface area (Å²) in [6, 6.07) is 9.68. The van der Waals surface area contributed by atoms with Crippen LogP contribution >= 0.6 is 23.2 Å². The standard InChI is InChI=1S/C15H12Cl2FNO2/c1-21-15(20)14(12-6-5-9(16)7-13(12)17)19-11-4-2-3-10(18)8-11/h2-8,14,19H,1H3. The van der Waals surface area contributed by atoms with Crippen molar-refractivity contribution >= 4 is 34.9 Å². The molecule has 0 saturated heterocycles. The molecule has 0 bridgehead atoms. The van der Waals surface area contributed by atoms with Crippen molar-refractivity contribution in [1.29, 1.82) is 0 Å². The Morgan fingerprint density at radius 3 is 2.62 bits per heavy atom. The Hall–Kier alpha value is -1.78. The van der Waals surface area contributed by atoms with Crippen molar-refractivity contribution in [2.24, 2.45) is 0 Å². The number of esters is 1. The van der Waals surface area contributed by atoms with E-state index < -0.39 is 17.8 Å². The fourth-order valence-electron chi connectivity index (χ4n) is 1.86. The van der Waals surface area contributed by atoms with E-state index in [-0.39, 0.29) is 0 Å². The van der Waals surface area contributed by atoms with Crippen molar-refractivity contribution in [3.63, 3.8) is 0 Å². The van der Waals surface area contributed by atoms with Crippen LogP contribution in [-0.4, -0.2) is 13.1 Å². The molecule has 2 aromatic rings. The fourth-order valence-corrected chi connectivity index (χ4v) is 2.38. The maximum atomic E-state index is 13.2. The zero-order chi connectivity index (χ0) is 15.4. The lowest BCUT2D eigenvalue weighted by Gasteiger charge is -2.19. The number of hydrogen-bond acceptors (Lipinski definition) is 3. The maximum Gasteiger partial charge on any atom is 0.333 e. The molecule has 0 aliphatic rings. The van der Waals surface area contributed by atoms with Crippen LogP contribution in [-0.2, 0) is 9.53 Å². The molecule has 0 radical (unpaired) electrons. The van der Waals surface area contributed by atoms with E-state index in [0.717, 1.165) is 0 Å². The first-order valence-corrected chi connectivity index (χ1v) is 6.81. The first-order valence-electron chi connectivity index (χ1n) is 6.06. The molecule has 6 heteroatoms. The van der Waals surface area contributed by atoms with E-state index in [9.17, 15) is 9.18 Å². The quantitative estimate of drug-likeness (QED) is 0.842. The summed E-state index contributed by atoms with van der Waals surface area (Å²) in [6.07, 6.45) is 0. The van der Waals surface area contributed by atoms with Crippen molar-refractivity contribution in [3.8, 4) is 0 Å². The van der Waals surface area contributed by atoms with Crippen LogP contribution in [0, 0.1) is 5.82 Å². The number of carbonyl (C=O) groups is 1. The monoisotopic (exact) mass is 327 g/mol. The lowest BCUT2D eigenvalue weighted by Crippen LogP contribution is -2.22. The van der Waals surface area contributed by atoms with Gasteiger partial charge in [-0.15, -0.1) is 0 Å². The van der Waals surface area contributed by atoms with Gasteiger partial charge in [0, 0.05) is 21.3 Å². The van der Waals surface area contributed by atoms with E-state index >= 15 is 0 Å². The Labute approximate surface area is 131 Å². The Bertz CT molecular complexity index is 664. The number of carbonyl (C=O) groups excluding carboxylic acids is 1. The largest absolute Gasteiger partial charge is 0.467 e. The van der Waals surface area contributed by atoms with Gasteiger partial charge in [0.25, 0.3) is 0 Å². The molecule has 110 valence electrons. The van der Waals surface area contributed by atoms with E-state index in [1.54, 1.807) is 18.2 Å². The molecule has 0 heterocycles. The van der Waals surface area contributed by atoms with E-state index in [1.165, 1.54) is 31.4 Å². The molecule has 1 N–H and O–H groups in total. The van der Waals surface area contributed by atoms with Gasteiger partial charge in [0.15, 0.2) is 6.04 Å². The topological polar surface area (TPSA) is 38.3 Å². The third-order valence-electron chi connectivity index (χ3n) is 2.85.